The van der Waals surface area contributed by atoms with Crippen LogP contribution in [0.4, 0.5) is 0 Å². The van der Waals surface area contributed by atoms with E-state index >= 15 is 0 Å². The molecule has 0 bridgehead atoms. The highest BCUT2D eigenvalue weighted by molar-refractivity contribution is 5.74. The van der Waals surface area contributed by atoms with Gasteiger partial charge < -0.3 is 9.84 Å². The lowest BCUT2D eigenvalue weighted by atomic mass is 10.2. The number of rotatable bonds is 7. The third kappa shape index (κ3) is 6.44. The molecule has 1 N–H and O–H groups in total. The Morgan fingerprint density at radius 1 is 1.57 bits per heavy atom. The molecule has 0 aromatic heterocycles. The van der Waals surface area contributed by atoms with Gasteiger partial charge in [0.15, 0.2) is 6.10 Å². The fourth-order valence-corrected chi connectivity index (χ4v) is 0.940. The molecular weight excluding hydrogens is 182 g/mol. The highest BCUT2D eigenvalue weighted by Crippen LogP contribution is 2.00. The van der Waals surface area contributed by atoms with Crippen LogP contribution in [0.2, 0.25) is 0 Å². The van der Waals surface area contributed by atoms with Gasteiger partial charge >= 0.3 is 5.97 Å². The molecule has 0 unspecified atom stereocenters. The van der Waals surface area contributed by atoms with E-state index in [2.05, 4.69) is 6.92 Å². The average molecular weight is 199 g/mol. The molecule has 0 heterocycles. The summed E-state index contributed by atoms with van der Waals surface area (Å²) >= 11 is 0. The first kappa shape index (κ1) is 12.9. The van der Waals surface area contributed by atoms with E-state index in [1.165, 1.54) is 0 Å². The van der Waals surface area contributed by atoms with E-state index in [0.717, 1.165) is 19.3 Å². The molecule has 1 atom stereocenters. The van der Waals surface area contributed by atoms with Gasteiger partial charge in [-0.25, -0.2) is 4.79 Å². The van der Waals surface area contributed by atoms with Crippen molar-refractivity contribution in [1.82, 2.24) is 0 Å². The number of esters is 1. The standard InChI is InChI=1S/C10H17NO3/c1-2-3-4-8-14-10(13)9(12)6-5-7-11/h9,12H,2-6,8H2,1H3/t9-/m1/s1. The monoisotopic (exact) mass is 199 g/mol. The number of aliphatic hydroxyl groups excluding tert-OH is 1. The summed E-state index contributed by atoms with van der Waals surface area (Å²) in [7, 11) is 0. The van der Waals surface area contributed by atoms with Crippen molar-refractivity contribution in [2.75, 3.05) is 6.61 Å². The van der Waals surface area contributed by atoms with Gasteiger partial charge in [-0.2, -0.15) is 5.26 Å². The molecule has 0 aliphatic carbocycles. The first-order chi connectivity index (χ1) is 6.72. The second kappa shape index (κ2) is 8.52. The van der Waals surface area contributed by atoms with Gasteiger partial charge in [-0.3, -0.25) is 0 Å². The van der Waals surface area contributed by atoms with Gasteiger partial charge in [-0.15, -0.1) is 0 Å². The molecule has 0 spiro atoms. The zero-order valence-corrected chi connectivity index (χ0v) is 8.53. The zero-order valence-electron chi connectivity index (χ0n) is 8.53. The Morgan fingerprint density at radius 2 is 2.29 bits per heavy atom. The molecule has 4 heteroatoms. The van der Waals surface area contributed by atoms with E-state index in [1.807, 2.05) is 6.07 Å². The molecule has 0 saturated heterocycles. The maximum absolute atomic E-state index is 11.0. The van der Waals surface area contributed by atoms with Crippen LogP contribution in [0, 0.1) is 11.3 Å². The molecular formula is C10H17NO3. The first-order valence-corrected chi connectivity index (χ1v) is 4.94. The summed E-state index contributed by atoms with van der Waals surface area (Å²) in [5.41, 5.74) is 0. The number of nitriles is 1. The van der Waals surface area contributed by atoms with Crippen molar-refractivity contribution in [1.29, 1.82) is 5.26 Å². The Morgan fingerprint density at radius 3 is 2.86 bits per heavy atom. The summed E-state index contributed by atoms with van der Waals surface area (Å²) in [6.07, 6.45) is 2.09. The normalized spacial score (nSPS) is 11.8. The van der Waals surface area contributed by atoms with Crippen molar-refractivity contribution >= 4 is 5.97 Å². The van der Waals surface area contributed by atoms with Crippen LogP contribution < -0.4 is 0 Å². The number of aliphatic hydroxyl groups is 1. The Hall–Kier alpha value is -1.08. The fraction of sp³-hybridized carbons (Fsp3) is 0.800. The minimum Gasteiger partial charge on any atom is -0.464 e. The van der Waals surface area contributed by atoms with E-state index in [9.17, 15) is 9.90 Å². The number of hydrogen-bond donors (Lipinski definition) is 1. The highest BCUT2D eigenvalue weighted by Gasteiger charge is 2.15. The molecule has 0 aromatic carbocycles. The van der Waals surface area contributed by atoms with Crippen LogP contribution in [0.1, 0.15) is 39.0 Å². The Kier molecular flexibility index (Phi) is 7.86. The van der Waals surface area contributed by atoms with Gasteiger partial charge in [-0.05, 0) is 12.8 Å². The third-order valence-electron chi connectivity index (χ3n) is 1.79. The number of carbonyl (C=O) groups is 1. The lowest BCUT2D eigenvalue weighted by Gasteiger charge is -2.08. The van der Waals surface area contributed by atoms with E-state index < -0.39 is 12.1 Å². The molecule has 0 aliphatic heterocycles. The fourth-order valence-electron chi connectivity index (χ4n) is 0.940. The molecule has 14 heavy (non-hydrogen) atoms. The predicted octanol–water partition coefficient (Wildman–Crippen LogP) is 1.38. The molecule has 0 amide bonds. The third-order valence-corrected chi connectivity index (χ3v) is 1.79. The van der Waals surface area contributed by atoms with E-state index in [-0.39, 0.29) is 12.8 Å². The van der Waals surface area contributed by atoms with Crippen LogP contribution in [0.5, 0.6) is 0 Å². The van der Waals surface area contributed by atoms with E-state index in [1.54, 1.807) is 0 Å². The number of hydrogen-bond acceptors (Lipinski definition) is 4. The minimum absolute atomic E-state index is 0.156. The van der Waals surface area contributed by atoms with Crippen molar-refractivity contribution in [3.63, 3.8) is 0 Å². The Labute approximate surface area is 84.5 Å². The van der Waals surface area contributed by atoms with Crippen molar-refractivity contribution in [3.8, 4) is 6.07 Å². The van der Waals surface area contributed by atoms with Gasteiger partial charge in [0, 0.05) is 6.42 Å². The van der Waals surface area contributed by atoms with Crippen molar-refractivity contribution in [2.45, 2.75) is 45.1 Å². The minimum atomic E-state index is -1.14. The topological polar surface area (TPSA) is 70.3 Å². The molecule has 0 saturated carbocycles. The second-order valence-corrected chi connectivity index (χ2v) is 3.09. The van der Waals surface area contributed by atoms with E-state index in [4.69, 9.17) is 10.00 Å². The second-order valence-electron chi connectivity index (χ2n) is 3.09. The van der Waals surface area contributed by atoms with Crippen molar-refractivity contribution in [3.05, 3.63) is 0 Å². The first-order valence-electron chi connectivity index (χ1n) is 4.94. The summed E-state index contributed by atoms with van der Waals surface area (Å²) in [6, 6.07) is 1.86. The molecule has 0 rings (SSSR count). The average Bonchev–Trinajstić information content (AvgIpc) is 2.20. The maximum atomic E-state index is 11.0. The van der Waals surface area contributed by atoms with Crippen LogP contribution in [0.25, 0.3) is 0 Å². The molecule has 0 aromatic rings. The zero-order chi connectivity index (χ0) is 10.8. The van der Waals surface area contributed by atoms with Gasteiger partial charge in [0.1, 0.15) is 0 Å². The largest absolute Gasteiger partial charge is 0.464 e. The lowest BCUT2D eigenvalue weighted by Crippen LogP contribution is -2.23. The summed E-state index contributed by atoms with van der Waals surface area (Å²) in [5.74, 6) is -0.614. The number of nitrogens with zero attached hydrogens (tertiary/aromatic N) is 1. The van der Waals surface area contributed by atoms with Crippen LogP contribution in [0.15, 0.2) is 0 Å². The summed E-state index contributed by atoms with van der Waals surface area (Å²) in [4.78, 5) is 11.0. The predicted molar refractivity (Wildman–Crippen MR) is 51.3 cm³/mol. The number of ether oxygens (including phenoxy) is 1. The number of carbonyl (C=O) groups excluding carboxylic acids is 1. The van der Waals surface area contributed by atoms with Gasteiger partial charge in [0.2, 0.25) is 0 Å². The van der Waals surface area contributed by atoms with Crippen LogP contribution >= 0.6 is 0 Å². The molecule has 0 radical (unpaired) electrons. The summed E-state index contributed by atoms with van der Waals surface area (Å²) in [5, 5.41) is 17.4. The van der Waals surface area contributed by atoms with Crippen molar-refractivity contribution in [2.24, 2.45) is 0 Å². The number of unbranched alkanes of at least 4 members (excludes halogenated alkanes) is 2. The molecule has 4 nitrogen and oxygen atoms in total. The van der Waals surface area contributed by atoms with Crippen LogP contribution in [-0.4, -0.2) is 23.8 Å². The van der Waals surface area contributed by atoms with Crippen LogP contribution in [-0.2, 0) is 9.53 Å². The molecule has 0 aliphatic rings. The summed E-state index contributed by atoms with van der Waals surface area (Å²) in [6.45, 7) is 2.42. The maximum Gasteiger partial charge on any atom is 0.334 e. The Balaban J connectivity index is 3.48. The highest BCUT2D eigenvalue weighted by atomic mass is 16.5. The summed E-state index contributed by atoms with van der Waals surface area (Å²) < 4.78 is 4.80. The van der Waals surface area contributed by atoms with Gasteiger partial charge in [-0.1, -0.05) is 19.8 Å². The lowest BCUT2D eigenvalue weighted by molar-refractivity contribution is -0.153. The Bertz CT molecular complexity index is 198. The van der Waals surface area contributed by atoms with Gasteiger partial charge in [0.05, 0.1) is 12.7 Å². The molecule has 80 valence electrons. The smallest absolute Gasteiger partial charge is 0.334 e. The quantitative estimate of drug-likeness (QED) is 0.496. The van der Waals surface area contributed by atoms with Gasteiger partial charge in [0.25, 0.3) is 0 Å². The van der Waals surface area contributed by atoms with E-state index in [0.29, 0.717) is 6.61 Å². The van der Waals surface area contributed by atoms with Crippen LogP contribution in [0.3, 0.4) is 0 Å². The SMILES string of the molecule is CCCCCOC(=O)[C@H](O)CCC#N. The van der Waals surface area contributed by atoms with Crippen molar-refractivity contribution < 1.29 is 14.6 Å². The molecule has 0 fully saturated rings.